The van der Waals surface area contributed by atoms with Crippen LogP contribution >= 0.6 is 11.8 Å². The first-order valence-corrected chi connectivity index (χ1v) is 9.92. The van der Waals surface area contributed by atoms with E-state index in [2.05, 4.69) is 5.32 Å². The SMILES string of the molecule is O=C(Nc1cccc([C@H]2SCC(=O)N2c2cccc(F)c2)c1)c1cccc(F)c1. The largest absolute Gasteiger partial charge is 0.322 e. The summed E-state index contributed by atoms with van der Waals surface area (Å²) < 4.78 is 27.0. The number of benzene rings is 3. The summed E-state index contributed by atoms with van der Waals surface area (Å²) in [6.45, 7) is 0. The lowest BCUT2D eigenvalue weighted by Crippen LogP contribution is -2.27. The van der Waals surface area contributed by atoms with E-state index in [9.17, 15) is 18.4 Å². The number of nitrogens with zero attached hydrogens (tertiary/aromatic N) is 1. The molecule has 0 aromatic heterocycles. The first kappa shape index (κ1) is 19.1. The summed E-state index contributed by atoms with van der Waals surface area (Å²) in [5.74, 6) is -1.17. The molecule has 0 spiro atoms. The third-order valence-electron chi connectivity index (χ3n) is 4.47. The number of hydrogen-bond acceptors (Lipinski definition) is 3. The Balaban J connectivity index is 1.59. The third kappa shape index (κ3) is 4.14. The zero-order valence-electron chi connectivity index (χ0n) is 15.1. The molecule has 3 aromatic carbocycles. The number of rotatable bonds is 4. The lowest BCUT2D eigenvalue weighted by atomic mass is 10.1. The van der Waals surface area contributed by atoms with Crippen molar-refractivity contribution in [2.75, 3.05) is 16.0 Å². The van der Waals surface area contributed by atoms with Crippen molar-refractivity contribution in [3.63, 3.8) is 0 Å². The van der Waals surface area contributed by atoms with E-state index in [1.807, 2.05) is 6.07 Å². The average Bonchev–Trinajstić information content (AvgIpc) is 3.10. The summed E-state index contributed by atoms with van der Waals surface area (Å²) in [7, 11) is 0. The van der Waals surface area contributed by atoms with Gasteiger partial charge in [0.1, 0.15) is 17.0 Å². The van der Waals surface area contributed by atoms with Gasteiger partial charge in [-0.15, -0.1) is 11.8 Å². The molecule has 4 rings (SSSR count). The Hall–Kier alpha value is -3.19. The summed E-state index contributed by atoms with van der Waals surface area (Å²) in [5, 5.41) is 2.41. The molecule has 3 aromatic rings. The summed E-state index contributed by atoms with van der Waals surface area (Å²) in [6.07, 6.45) is 0. The molecule has 29 heavy (non-hydrogen) atoms. The second-order valence-electron chi connectivity index (χ2n) is 6.50. The van der Waals surface area contributed by atoms with Crippen molar-refractivity contribution in [1.29, 1.82) is 0 Å². The maximum Gasteiger partial charge on any atom is 0.255 e. The summed E-state index contributed by atoms with van der Waals surface area (Å²) in [4.78, 5) is 26.4. The second-order valence-corrected chi connectivity index (χ2v) is 7.57. The maximum atomic E-state index is 13.7. The van der Waals surface area contributed by atoms with Crippen molar-refractivity contribution in [3.8, 4) is 0 Å². The molecule has 1 heterocycles. The van der Waals surface area contributed by atoms with Gasteiger partial charge in [-0.1, -0.05) is 24.3 Å². The zero-order valence-corrected chi connectivity index (χ0v) is 16.0. The smallest absolute Gasteiger partial charge is 0.255 e. The van der Waals surface area contributed by atoms with Crippen LogP contribution in [0.5, 0.6) is 0 Å². The highest BCUT2D eigenvalue weighted by molar-refractivity contribution is 8.00. The lowest BCUT2D eigenvalue weighted by Gasteiger charge is -2.24. The summed E-state index contributed by atoms with van der Waals surface area (Å²) >= 11 is 1.43. The van der Waals surface area contributed by atoms with Crippen molar-refractivity contribution in [1.82, 2.24) is 0 Å². The number of carbonyl (C=O) groups excluding carboxylic acids is 2. The highest BCUT2D eigenvalue weighted by Gasteiger charge is 2.34. The number of hydrogen-bond donors (Lipinski definition) is 1. The van der Waals surface area contributed by atoms with Crippen LogP contribution in [0.25, 0.3) is 0 Å². The minimum atomic E-state index is -0.488. The molecule has 0 radical (unpaired) electrons. The van der Waals surface area contributed by atoms with E-state index < -0.39 is 17.5 Å². The van der Waals surface area contributed by atoms with E-state index in [0.29, 0.717) is 11.4 Å². The van der Waals surface area contributed by atoms with Gasteiger partial charge < -0.3 is 5.32 Å². The normalized spacial score (nSPS) is 16.1. The fourth-order valence-corrected chi connectivity index (χ4v) is 4.35. The van der Waals surface area contributed by atoms with Crippen molar-refractivity contribution in [3.05, 3.63) is 95.6 Å². The van der Waals surface area contributed by atoms with Crippen LogP contribution in [0.3, 0.4) is 0 Å². The maximum absolute atomic E-state index is 13.7. The Kier molecular flexibility index (Phi) is 5.31. The molecular weight excluding hydrogens is 394 g/mol. The monoisotopic (exact) mass is 410 g/mol. The third-order valence-corrected chi connectivity index (χ3v) is 5.68. The second kappa shape index (κ2) is 8.05. The minimum Gasteiger partial charge on any atom is -0.322 e. The Morgan fingerprint density at radius 3 is 2.45 bits per heavy atom. The van der Waals surface area contributed by atoms with Crippen LogP contribution in [0, 0.1) is 11.6 Å². The first-order chi connectivity index (χ1) is 14.0. The molecule has 7 heteroatoms. The molecule has 1 N–H and O–H groups in total. The van der Waals surface area contributed by atoms with Gasteiger partial charge >= 0.3 is 0 Å². The fourth-order valence-electron chi connectivity index (χ4n) is 3.18. The van der Waals surface area contributed by atoms with Crippen LogP contribution in [0.2, 0.25) is 0 Å². The molecule has 0 bridgehead atoms. The van der Waals surface area contributed by atoms with E-state index in [4.69, 9.17) is 0 Å². The van der Waals surface area contributed by atoms with Crippen LogP contribution < -0.4 is 10.2 Å². The van der Waals surface area contributed by atoms with Crippen LogP contribution in [-0.4, -0.2) is 17.6 Å². The van der Waals surface area contributed by atoms with Crippen molar-refractivity contribution >= 4 is 35.0 Å². The van der Waals surface area contributed by atoms with Crippen molar-refractivity contribution < 1.29 is 18.4 Å². The standard InChI is InChI=1S/C22H16F2N2O2S/c23-16-6-1-4-14(10-16)21(28)25-18-8-2-5-15(11-18)22-26(20(27)13-29-22)19-9-3-7-17(24)12-19/h1-12,22H,13H2,(H,25,28)/t22-/m1/s1. The lowest BCUT2D eigenvalue weighted by molar-refractivity contribution is -0.115. The molecule has 2 amide bonds. The molecule has 1 atom stereocenters. The molecule has 1 aliphatic heterocycles. The molecule has 1 fully saturated rings. The number of thioether (sulfide) groups is 1. The van der Waals surface area contributed by atoms with Gasteiger partial charge in [0, 0.05) is 16.9 Å². The molecule has 1 aliphatic rings. The van der Waals surface area contributed by atoms with Gasteiger partial charge in [0.05, 0.1) is 5.75 Å². The van der Waals surface area contributed by atoms with Gasteiger partial charge in [0.25, 0.3) is 5.91 Å². The Bertz CT molecular complexity index is 1090. The minimum absolute atomic E-state index is 0.111. The van der Waals surface area contributed by atoms with E-state index in [1.165, 1.54) is 42.1 Å². The Labute approximate surface area is 170 Å². The average molecular weight is 410 g/mol. The number of carbonyl (C=O) groups is 2. The van der Waals surface area contributed by atoms with Crippen LogP contribution in [0.4, 0.5) is 20.2 Å². The molecule has 0 aliphatic carbocycles. The predicted molar refractivity (Wildman–Crippen MR) is 110 cm³/mol. The van der Waals surface area contributed by atoms with Crippen LogP contribution in [0.1, 0.15) is 21.3 Å². The Morgan fingerprint density at radius 1 is 0.966 bits per heavy atom. The van der Waals surface area contributed by atoms with Crippen LogP contribution in [0.15, 0.2) is 72.8 Å². The fraction of sp³-hybridized carbons (Fsp3) is 0.0909. The predicted octanol–water partition coefficient (Wildman–Crippen LogP) is 5.00. The number of anilines is 2. The molecular formula is C22H16F2N2O2S. The zero-order chi connectivity index (χ0) is 20.4. The van der Waals surface area contributed by atoms with Crippen molar-refractivity contribution in [2.24, 2.45) is 0 Å². The summed E-state index contributed by atoms with van der Waals surface area (Å²) in [5.41, 5.74) is 2.01. The first-order valence-electron chi connectivity index (χ1n) is 8.87. The van der Waals surface area contributed by atoms with Gasteiger partial charge in [-0.25, -0.2) is 8.78 Å². The topological polar surface area (TPSA) is 49.4 Å². The van der Waals surface area contributed by atoms with Gasteiger partial charge in [-0.3, -0.25) is 14.5 Å². The van der Waals surface area contributed by atoms with E-state index in [1.54, 1.807) is 35.2 Å². The molecule has 0 saturated carbocycles. The van der Waals surface area contributed by atoms with Gasteiger partial charge in [0.2, 0.25) is 5.91 Å². The number of halogens is 2. The van der Waals surface area contributed by atoms with E-state index >= 15 is 0 Å². The quantitative estimate of drug-likeness (QED) is 0.659. The number of nitrogens with one attached hydrogen (secondary N) is 1. The van der Waals surface area contributed by atoms with E-state index in [-0.39, 0.29) is 22.6 Å². The highest BCUT2D eigenvalue weighted by Crippen LogP contribution is 2.42. The molecule has 0 unspecified atom stereocenters. The van der Waals surface area contributed by atoms with Gasteiger partial charge in [-0.05, 0) is 54.1 Å². The van der Waals surface area contributed by atoms with Crippen LogP contribution in [-0.2, 0) is 4.79 Å². The highest BCUT2D eigenvalue weighted by atomic mass is 32.2. The molecule has 1 saturated heterocycles. The molecule has 146 valence electrons. The van der Waals surface area contributed by atoms with Gasteiger partial charge in [-0.2, -0.15) is 0 Å². The molecule has 4 nitrogen and oxygen atoms in total. The number of amides is 2. The van der Waals surface area contributed by atoms with Gasteiger partial charge in [0.15, 0.2) is 0 Å². The van der Waals surface area contributed by atoms with Crippen molar-refractivity contribution in [2.45, 2.75) is 5.37 Å². The Morgan fingerprint density at radius 2 is 1.69 bits per heavy atom. The van der Waals surface area contributed by atoms with E-state index in [0.717, 1.165) is 11.6 Å². The summed E-state index contributed by atoms with van der Waals surface area (Å²) in [6, 6.07) is 18.4.